The summed E-state index contributed by atoms with van der Waals surface area (Å²) >= 11 is 0. The van der Waals surface area contributed by atoms with Crippen molar-refractivity contribution < 1.29 is 4.74 Å². The SMILES string of the molecule is C1CC(OCCN2CCN(CC3CC3)CC2)CCN1. The lowest BCUT2D eigenvalue weighted by Crippen LogP contribution is -2.48. The normalized spacial score (nSPS) is 27.8. The predicted octanol–water partition coefficient (Wildman–Crippen LogP) is 0.783. The van der Waals surface area contributed by atoms with Crippen molar-refractivity contribution in [2.45, 2.75) is 31.8 Å². The van der Waals surface area contributed by atoms with Crippen LogP contribution in [0.3, 0.4) is 0 Å². The molecule has 2 aliphatic heterocycles. The fraction of sp³-hybridized carbons (Fsp3) is 1.00. The quantitative estimate of drug-likeness (QED) is 0.770. The maximum atomic E-state index is 5.99. The van der Waals surface area contributed by atoms with Crippen LogP contribution in [0.4, 0.5) is 0 Å². The summed E-state index contributed by atoms with van der Waals surface area (Å²) in [5.41, 5.74) is 0. The molecule has 19 heavy (non-hydrogen) atoms. The largest absolute Gasteiger partial charge is 0.377 e. The molecule has 3 fully saturated rings. The van der Waals surface area contributed by atoms with Gasteiger partial charge in [-0.25, -0.2) is 0 Å². The van der Waals surface area contributed by atoms with Crippen LogP contribution >= 0.6 is 0 Å². The number of piperidine rings is 1. The van der Waals surface area contributed by atoms with Crippen LogP contribution in [0.1, 0.15) is 25.7 Å². The minimum atomic E-state index is 0.511. The van der Waals surface area contributed by atoms with E-state index < -0.39 is 0 Å². The van der Waals surface area contributed by atoms with Gasteiger partial charge in [0.25, 0.3) is 0 Å². The molecule has 110 valence electrons. The fourth-order valence-corrected chi connectivity index (χ4v) is 3.17. The zero-order chi connectivity index (χ0) is 12.9. The van der Waals surface area contributed by atoms with Gasteiger partial charge < -0.3 is 15.0 Å². The highest BCUT2D eigenvalue weighted by Gasteiger charge is 2.26. The predicted molar refractivity (Wildman–Crippen MR) is 77.4 cm³/mol. The summed E-state index contributed by atoms with van der Waals surface area (Å²) in [5, 5.41) is 3.38. The van der Waals surface area contributed by atoms with Gasteiger partial charge in [0.1, 0.15) is 0 Å². The monoisotopic (exact) mass is 267 g/mol. The Morgan fingerprint density at radius 3 is 2.26 bits per heavy atom. The lowest BCUT2D eigenvalue weighted by atomic mass is 10.1. The summed E-state index contributed by atoms with van der Waals surface area (Å²) in [6, 6.07) is 0. The highest BCUT2D eigenvalue weighted by Crippen LogP contribution is 2.29. The van der Waals surface area contributed by atoms with Crippen LogP contribution in [0.5, 0.6) is 0 Å². The van der Waals surface area contributed by atoms with Crippen molar-refractivity contribution in [2.75, 3.05) is 59.0 Å². The first-order valence-electron chi connectivity index (χ1n) is 8.17. The fourth-order valence-electron chi connectivity index (χ4n) is 3.17. The summed E-state index contributed by atoms with van der Waals surface area (Å²) in [4.78, 5) is 5.23. The molecule has 0 atom stereocenters. The molecular formula is C15H29N3O. The molecule has 0 aromatic heterocycles. The first-order chi connectivity index (χ1) is 9.40. The molecule has 4 nitrogen and oxygen atoms in total. The van der Waals surface area contributed by atoms with Gasteiger partial charge in [0.05, 0.1) is 12.7 Å². The van der Waals surface area contributed by atoms with Crippen LogP contribution in [0.2, 0.25) is 0 Å². The molecule has 1 N–H and O–H groups in total. The number of piperazine rings is 1. The molecule has 0 radical (unpaired) electrons. The Hall–Kier alpha value is -0.160. The number of hydrogen-bond donors (Lipinski definition) is 1. The second kappa shape index (κ2) is 7.02. The van der Waals surface area contributed by atoms with E-state index in [0.29, 0.717) is 6.10 Å². The van der Waals surface area contributed by atoms with Gasteiger partial charge in [-0.15, -0.1) is 0 Å². The highest BCUT2D eigenvalue weighted by molar-refractivity contribution is 4.80. The third-order valence-corrected chi connectivity index (χ3v) is 4.73. The Balaban J connectivity index is 1.25. The van der Waals surface area contributed by atoms with Crippen LogP contribution in [-0.2, 0) is 4.74 Å². The Morgan fingerprint density at radius 2 is 1.58 bits per heavy atom. The molecular weight excluding hydrogens is 238 g/mol. The smallest absolute Gasteiger partial charge is 0.0600 e. The van der Waals surface area contributed by atoms with E-state index in [2.05, 4.69) is 15.1 Å². The summed E-state index contributed by atoms with van der Waals surface area (Å²) in [7, 11) is 0. The van der Waals surface area contributed by atoms with Gasteiger partial charge >= 0.3 is 0 Å². The summed E-state index contributed by atoms with van der Waals surface area (Å²) < 4.78 is 5.99. The van der Waals surface area contributed by atoms with E-state index in [1.54, 1.807) is 0 Å². The third kappa shape index (κ3) is 4.71. The van der Waals surface area contributed by atoms with Crippen LogP contribution in [0, 0.1) is 5.92 Å². The molecule has 2 heterocycles. The van der Waals surface area contributed by atoms with Gasteiger partial charge in [0, 0.05) is 39.3 Å². The summed E-state index contributed by atoms with van der Waals surface area (Å²) in [6.45, 7) is 10.7. The first kappa shape index (κ1) is 13.8. The Bertz CT molecular complexity index is 256. The molecule has 1 aliphatic carbocycles. The molecule has 0 spiro atoms. The molecule has 3 aliphatic rings. The van der Waals surface area contributed by atoms with Gasteiger partial charge in [-0.05, 0) is 44.7 Å². The van der Waals surface area contributed by atoms with Gasteiger partial charge in [-0.3, -0.25) is 4.90 Å². The lowest BCUT2D eigenvalue weighted by Gasteiger charge is -2.35. The van der Waals surface area contributed by atoms with Crippen LogP contribution in [0.25, 0.3) is 0 Å². The van der Waals surface area contributed by atoms with E-state index in [4.69, 9.17) is 4.74 Å². The lowest BCUT2D eigenvalue weighted by molar-refractivity contribution is 0.0125. The van der Waals surface area contributed by atoms with Gasteiger partial charge in [-0.2, -0.15) is 0 Å². The molecule has 1 saturated carbocycles. The maximum absolute atomic E-state index is 5.99. The molecule has 0 bridgehead atoms. The van der Waals surface area contributed by atoms with Gasteiger partial charge in [0.2, 0.25) is 0 Å². The topological polar surface area (TPSA) is 27.7 Å². The number of rotatable bonds is 6. The average molecular weight is 267 g/mol. The minimum absolute atomic E-state index is 0.511. The van der Waals surface area contributed by atoms with E-state index in [-0.39, 0.29) is 0 Å². The van der Waals surface area contributed by atoms with Crippen molar-refractivity contribution in [3.8, 4) is 0 Å². The number of nitrogens with one attached hydrogen (secondary N) is 1. The van der Waals surface area contributed by atoms with Gasteiger partial charge in [0.15, 0.2) is 0 Å². The Labute approximate surface area is 117 Å². The second-order valence-corrected chi connectivity index (χ2v) is 6.41. The van der Waals surface area contributed by atoms with E-state index >= 15 is 0 Å². The molecule has 4 heteroatoms. The van der Waals surface area contributed by atoms with E-state index in [1.807, 2.05) is 0 Å². The number of ether oxygens (including phenoxy) is 1. The molecule has 2 saturated heterocycles. The van der Waals surface area contributed by atoms with Gasteiger partial charge in [-0.1, -0.05) is 0 Å². The first-order valence-corrected chi connectivity index (χ1v) is 8.17. The van der Waals surface area contributed by atoms with E-state index in [0.717, 1.165) is 32.2 Å². The van der Waals surface area contributed by atoms with Crippen molar-refractivity contribution in [1.29, 1.82) is 0 Å². The Morgan fingerprint density at radius 1 is 0.895 bits per heavy atom. The number of hydrogen-bond acceptors (Lipinski definition) is 4. The van der Waals surface area contributed by atoms with Crippen LogP contribution < -0.4 is 5.32 Å². The maximum Gasteiger partial charge on any atom is 0.0600 e. The molecule has 0 aromatic rings. The third-order valence-electron chi connectivity index (χ3n) is 4.73. The van der Waals surface area contributed by atoms with Crippen molar-refractivity contribution in [1.82, 2.24) is 15.1 Å². The molecule has 0 amide bonds. The molecule has 0 unspecified atom stereocenters. The van der Waals surface area contributed by atoms with E-state index in [1.165, 1.54) is 58.4 Å². The van der Waals surface area contributed by atoms with Crippen molar-refractivity contribution in [3.63, 3.8) is 0 Å². The zero-order valence-corrected chi connectivity index (χ0v) is 12.1. The zero-order valence-electron chi connectivity index (χ0n) is 12.1. The van der Waals surface area contributed by atoms with E-state index in [9.17, 15) is 0 Å². The number of nitrogens with zero attached hydrogens (tertiary/aromatic N) is 2. The minimum Gasteiger partial charge on any atom is -0.377 e. The molecule has 0 aromatic carbocycles. The van der Waals surface area contributed by atoms with Crippen LogP contribution in [0.15, 0.2) is 0 Å². The molecule has 3 rings (SSSR count). The average Bonchev–Trinajstić information content (AvgIpc) is 3.26. The summed E-state index contributed by atoms with van der Waals surface area (Å²) in [6.07, 6.45) is 5.84. The van der Waals surface area contributed by atoms with Crippen molar-refractivity contribution in [2.24, 2.45) is 5.92 Å². The van der Waals surface area contributed by atoms with Crippen molar-refractivity contribution in [3.05, 3.63) is 0 Å². The Kier molecular flexibility index (Phi) is 5.10. The highest BCUT2D eigenvalue weighted by atomic mass is 16.5. The standard InChI is InChI=1S/C15H29N3O/c1-2-14(1)13-18-9-7-17(8-10-18)11-12-19-15-3-5-16-6-4-15/h14-16H,1-13H2. The van der Waals surface area contributed by atoms with Crippen molar-refractivity contribution >= 4 is 0 Å². The summed E-state index contributed by atoms with van der Waals surface area (Å²) in [5.74, 6) is 1.04. The second-order valence-electron chi connectivity index (χ2n) is 6.41. The van der Waals surface area contributed by atoms with Crippen LogP contribution in [-0.4, -0.2) is 74.9 Å².